The number of hydrogen-bond donors (Lipinski definition) is 2. The number of pyridine rings is 1. The lowest BCUT2D eigenvalue weighted by atomic mass is 9.87. The van der Waals surface area contributed by atoms with Crippen molar-refractivity contribution < 1.29 is 14.3 Å². The van der Waals surface area contributed by atoms with E-state index >= 15 is 0 Å². The molecule has 1 aliphatic rings. The summed E-state index contributed by atoms with van der Waals surface area (Å²) in [4.78, 5) is 17.9. The van der Waals surface area contributed by atoms with Crippen molar-refractivity contribution in [3.63, 3.8) is 0 Å². The number of aromatic nitrogens is 1. The molecule has 1 aliphatic heterocycles. The number of piperidine rings is 1. The van der Waals surface area contributed by atoms with Crippen molar-refractivity contribution in [2.24, 2.45) is 5.92 Å². The summed E-state index contributed by atoms with van der Waals surface area (Å²) in [7, 11) is 0. The van der Waals surface area contributed by atoms with Crippen LogP contribution in [-0.2, 0) is 0 Å². The highest BCUT2D eigenvalue weighted by Gasteiger charge is 2.28. The van der Waals surface area contributed by atoms with E-state index in [0.29, 0.717) is 31.6 Å². The van der Waals surface area contributed by atoms with Crippen LogP contribution in [0.5, 0.6) is 0 Å². The molecule has 1 fully saturated rings. The summed E-state index contributed by atoms with van der Waals surface area (Å²) in [6.45, 7) is 1.16. The number of urea groups is 1. The first-order valence-electron chi connectivity index (χ1n) is 8.03. The number of benzene rings is 1. The molecule has 0 saturated carbocycles. The van der Waals surface area contributed by atoms with E-state index in [1.54, 1.807) is 41.6 Å². The number of aliphatic hydroxyl groups is 1. The molecule has 5 nitrogen and oxygen atoms in total. The second kappa shape index (κ2) is 7.40. The first-order valence-corrected chi connectivity index (χ1v) is 8.03. The standard InChI is InChI=1S/C18H20FN3O2/c19-15-5-3-13(4-6-15)17(23)14-7-10-22(11-8-14)18(24)21-16-2-1-9-20-12-16/h1-6,9,12,14,17,23H,7-8,10-11H2,(H,21,24)/t17-/m0/s1. The summed E-state index contributed by atoms with van der Waals surface area (Å²) in [6.07, 6.45) is 4.04. The third-order valence-electron chi connectivity index (χ3n) is 4.40. The Morgan fingerprint density at radius 2 is 1.96 bits per heavy atom. The van der Waals surface area contributed by atoms with Crippen LogP contribution in [0.25, 0.3) is 0 Å². The van der Waals surface area contributed by atoms with Crippen LogP contribution in [0.3, 0.4) is 0 Å². The minimum absolute atomic E-state index is 0.0675. The number of amides is 2. The molecule has 24 heavy (non-hydrogen) atoms. The number of aliphatic hydroxyl groups excluding tert-OH is 1. The molecule has 1 atom stereocenters. The topological polar surface area (TPSA) is 65.5 Å². The number of hydrogen-bond acceptors (Lipinski definition) is 3. The predicted octanol–water partition coefficient (Wildman–Crippen LogP) is 3.20. The first-order chi connectivity index (χ1) is 11.6. The predicted molar refractivity (Wildman–Crippen MR) is 88.9 cm³/mol. The molecular formula is C18H20FN3O2. The molecule has 1 aromatic carbocycles. The Hall–Kier alpha value is -2.47. The summed E-state index contributed by atoms with van der Waals surface area (Å²) < 4.78 is 13.0. The van der Waals surface area contributed by atoms with E-state index in [2.05, 4.69) is 10.3 Å². The van der Waals surface area contributed by atoms with Crippen LogP contribution in [-0.4, -0.2) is 34.1 Å². The Kier molecular flexibility index (Phi) is 5.05. The molecule has 0 unspecified atom stereocenters. The number of carbonyl (C=O) groups excluding carboxylic acids is 1. The smallest absolute Gasteiger partial charge is 0.321 e. The normalized spacial score (nSPS) is 16.7. The van der Waals surface area contributed by atoms with Crippen LogP contribution in [0.2, 0.25) is 0 Å². The SMILES string of the molecule is O=C(Nc1cccnc1)N1CCC([C@@H](O)c2ccc(F)cc2)CC1. The van der Waals surface area contributed by atoms with Crippen molar-refractivity contribution in [2.45, 2.75) is 18.9 Å². The fraction of sp³-hybridized carbons (Fsp3) is 0.333. The molecule has 1 aromatic heterocycles. The molecule has 1 saturated heterocycles. The van der Waals surface area contributed by atoms with Crippen molar-refractivity contribution >= 4 is 11.7 Å². The average molecular weight is 329 g/mol. The lowest BCUT2D eigenvalue weighted by molar-refractivity contribution is 0.0682. The fourth-order valence-electron chi connectivity index (χ4n) is 2.99. The summed E-state index contributed by atoms with van der Waals surface area (Å²) >= 11 is 0. The Labute approximate surface area is 140 Å². The van der Waals surface area contributed by atoms with Crippen LogP contribution in [0, 0.1) is 11.7 Å². The van der Waals surface area contributed by atoms with Crippen molar-refractivity contribution in [1.29, 1.82) is 0 Å². The lowest BCUT2D eigenvalue weighted by Gasteiger charge is -2.34. The van der Waals surface area contributed by atoms with E-state index in [4.69, 9.17) is 0 Å². The Bertz CT molecular complexity index is 670. The Morgan fingerprint density at radius 1 is 1.25 bits per heavy atom. The lowest BCUT2D eigenvalue weighted by Crippen LogP contribution is -2.42. The maximum absolute atomic E-state index is 13.0. The molecule has 126 valence electrons. The zero-order valence-corrected chi connectivity index (χ0v) is 13.2. The van der Waals surface area contributed by atoms with Crippen LogP contribution in [0.4, 0.5) is 14.9 Å². The van der Waals surface area contributed by atoms with E-state index in [-0.39, 0.29) is 17.8 Å². The van der Waals surface area contributed by atoms with Gasteiger partial charge in [-0.2, -0.15) is 0 Å². The van der Waals surface area contributed by atoms with E-state index in [9.17, 15) is 14.3 Å². The highest BCUT2D eigenvalue weighted by Crippen LogP contribution is 2.31. The molecule has 6 heteroatoms. The molecule has 0 spiro atoms. The van der Waals surface area contributed by atoms with Gasteiger partial charge in [-0.05, 0) is 48.6 Å². The van der Waals surface area contributed by atoms with Crippen LogP contribution >= 0.6 is 0 Å². The largest absolute Gasteiger partial charge is 0.388 e. The van der Waals surface area contributed by atoms with Gasteiger partial charge < -0.3 is 15.3 Å². The number of rotatable bonds is 3. The molecule has 0 aliphatic carbocycles. The molecule has 2 aromatic rings. The number of carbonyl (C=O) groups is 1. The van der Waals surface area contributed by atoms with Gasteiger partial charge in [0.2, 0.25) is 0 Å². The molecule has 2 heterocycles. The van der Waals surface area contributed by atoms with Gasteiger partial charge >= 0.3 is 6.03 Å². The summed E-state index contributed by atoms with van der Waals surface area (Å²) in [5.41, 5.74) is 1.38. The molecule has 3 rings (SSSR count). The Morgan fingerprint density at radius 3 is 2.58 bits per heavy atom. The highest BCUT2D eigenvalue weighted by molar-refractivity contribution is 5.89. The summed E-state index contributed by atoms with van der Waals surface area (Å²) in [5.74, 6) is -0.245. The monoisotopic (exact) mass is 329 g/mol. The minimum Gasteiger partial charge on any atom is -0.388 e. The van der Waals surface area contributed by atoms with Crippen molar-refractivity contribution in [3.8, 4) is 0 Å². The van der Waals surface area contributed by atoms with Gasteiger partial charge in [0.05, 0.1) is 18.0 Å². The molecular weight excluding hydrogens is 309 g/mol. The zero-order valence-electron chi connectivity index (χ0n) is 13.2. The molecule has 2 N–H and O–H groups in total. The summed E-state index contributed by atoms with van der Waals surface area (Å²) in [5, 5.41) is 13.3. The molecule has 0 radical (unpaired) electrons. The van der Waals surface area contributed by atoms with E-state index < -0.39 is 6.10 Å². The first kappa shape index (κ1) is 16.4. The van der Waals surface area contributed by atoms with Crippen LogP contribution in [0.1, 0.15) is 24.5 Å². The second-order valence-corrected chi connectivity index (χ2v) is 5.99. The van der Waals surface area contributed by atoms with Gasteiger partial charge in [-0.3, -0.25) is 4.98 Å². The molecule has 0 bridgehead atoms. The van der Waals surface area contributed by atoms with Gasteiger partial charge in [-0.1, -0.05) is 12.1 Å². The average Bonchev–Trinajstić information content (AvgIpc) is 2.63. The third kappa shape index (κ3) is 3.89. The van der Waals surface area contributed by atoms with Crippen molar-refractivity contribution in [3.05, 3.63) is 60.2 Å². The Balaban J connectivity index is 1.53. The maximum atomic E-state index is 13.0. The molecule has 2 amide bonds. The van der Waals surface area contributed by atoms with E-state index in [1.807, 2.05) is 0 Å². The fourth-order valence-corrected chi connectivity index (χ4v) is 2.99. The van der Waals surface area contributed by atoms with E-state index in [0.717, 1.165) is 5.56 Å². The van der Waals surface area contributed by atoms with Gasteiger partial charge in [0.1, 0.15) is 5.82 Å². The van der Waals surface area contributed by atoms with Crippen molar-refractivity contribution in [1.82, 2.24) is 9.88 Å². The zero-order chi connectivity index (χ0) is 16.9. The van der Waals surface area contributed by atoms with Gasteiger partial charge in [-0.25, -0.2) is 9.18 Å². The number of nitrogens with one attached hydrogen (secondary N) is 1. The van der Waals surface area contributed by atoms with Gasteiger partial charge in [0.15, 0.2) is 0 Å². The van der Waals surface area contributed by atoms with Crippen LogP contribution < -0.4 is 5.32 Å². The number of anilines is 1. The van der Waals surface area contributed by atoms with Gasteiger partial charge in [0, 0.05) is 19.3 Å². The highest BCUT2D eigenvalue weighted by atomic mass is 19.1. The van der Waals surface area contributed by atoms with Crippen molar-refractivity contribution in [2.75, 3.05) is 18.4 Å². The number of halogens is 1. The summed E-state index contributed by atoms with van der Waals surface area (Å²) in [6, 6.07) is 9.34. The number of nitrogens with zero attached hydrogens (tertiary/aromatic N) is 2. The van der Waals surface area contributed by atoms with Gasteiger partial charge in [0.25, 0.3) is 0 Å². The number of likely N-dealkylation sites (tertiary alicyclic amines) is 1. The van der Waals surface area contributed by atoms with E-state index in [1.165, 1.54) is 12.1 Å². The van der Waals surface area contributed by atoms with Gasteiger partial charge in [-0.15, -0.1) is 0 Å². The minimum atomic E-state index is -0.630. The second-order valence-electron chi connectivity index (χ2n) is 5.99. The van der Waals surface area contributed by atoms with Crippen LogP contribution in [0.15, 0.2) is 48.8 Å². The third-order valence-corrected chi connectivity index (χ3v) is 4.40. The quantitative estimate of drug-likeness (QED) is 0.909. The maximum Gasteiger partial charge on any atom is 0.321 e.